The van der Waals surface area contributed by atoms with Crippen LogP contribution in [0.4, 0.5) is 5.69 Å². The van der Waals surface area contributed by atoms with Crippen molar-refractivity contribution >= 4 is 33.4 Å². The number of hydrogen-bond donors (Lipinski definition) is 2. The van der Waals surface area contributed by atoms with Crippen LogP contribution in [0, 0.1) is 0 Å². The Hall–Kier alpha value is -3.13. The molecular weight excluding hydrogens is 412 g/mol. The van der Waals surface area contributed by atoms with Crippen molar-refractivity contribution in [2.75, 3.05) is 5.32 Å². The van der Waals surface area contributed by atoms with Gasteiger partial charge in [0.25, 0.3) is 11.8 Å². The first-order valence-electron chi connectivity index (χ1n) is 8.05. The van der Waals surface area contributed by atoms with Crippen molar-refractivity contribution in [3.05, 3.63) is 76.0 Å². The van der Waals surface area contributed by atoms with Gasteiger partial charge in [0.15, 0.2) is 5.69 Å². The smallest absolute Gasteiger partial charge is 0.271 e. The quantitative estimate of drug-likeness (QED) is 0.629. The van der Waals surface area contributed by atoms with Crippen LogP contribution in [0.25, 0.3) is 0 Å². The third-order valence-corrected chi connectivity index (χ3v) is 4.41. The Balaban J connectivity index is 1.65. The molecule has 3 N–H and O–H groups in total. The Labute approximate surface area is 164 Å². The summed E-state index contributed by atoms with van der Waals surface area (Å²) in [4.78, 5) is 23.8. The van der Waals surface area contributed by atoms with Crippen molar-refractivity contribution in [3.8, 4) is 5.75 Å². The van der Waals surface area contributed by atoms with Gasteiger partial charge in [-0.05, 0) is 45.8 Å². The molecule has 138 valence electrons. The Kier molecular flexibility index (Phi) is 5.56. The lowest BCUT2D eigenvalue weighted by Crippen LogP contribution is -2.18. The molecule has 0 bridgehead atoms. The van der Waals surface area contributed by atoms with Gasteiger partial charge in [-0.1, -0.05) is 24.3 Å². The van der Waals surface area contributed by atoms with Crippen molar-refractivity contribution in [1.29, 1.82) is 0 Å². The SMILES string of the molecule is Cn1cc(NC(=O)c2ccc(COc3ccccc3Br)cc2)c(C(N)=O)n1. The normalized spacial score (nSPS) is 10.4. The third-order valence-electron chi connectivity index (χ3n) is 3.76. The van der Waals surface area contributed by atoms with Crippen molar-refractivity contribution < 1.29 is 14.3 Å². The molecule has 0 atom stereocenters. The summed E-state index contributed by atoms with van der Waals surface area (Å²) >= 11 is 3.43. The molecule has 2 aromatic carbocycles. The number of aryl methyl sites for hydroxylation is 1. The molecule has 0 saturated heterocycles. The number of ether oxygens (including phenoxy) is 1. The highest BCUT2D eigenvalue weighted by Gasteiger charge is 2.16. The summed E-state index contributed by atoms with van der Waals surface area (Å²) in [6.45, 7) is 0.374. The fraction of sp³-hybridized carbons (Fsp3) is 0.105. The number of aromatic nitrogens is 2. The number of nitrogens with one attached hydrogen (secondary N) is 1. The lowest BCUT2D eigenvalue weighted by atomic mass is 10.1. The second kappa shape index (κ2) is 8.05. The lowest BCUT2D eigenvalue weighted by Gasteiger charge is -2.09. The summed E-state index contributed by atoms with van der Waals surface area (Å²) in [6, 6.07) is 14.6. The molecule has 0 unspecified atom stereocenters. The van der Waals surface area contributed by atoms with E-state index in [1.54, 1.807) is 19.2 Å². The minimum Gasteiger partial charge on any atom is -0.488 e. The Morgan fingerprint density at radius 1 is 1.19 bits per heavy atom. The number of benzene rings is 2. The summed E-state index contributed by atoms with van der Waals surface area (Å²) in [6.07, 6.45) is 1.53. The highest BCUT2D eigenvalue weighted by molar-refractivity contribution is 9.10. The van der Waals surface area contributed by atoms with E-state index in [9.17, 15) is 9.59 Å². The molecule has 3 aromatic rings. The highest BCUT2D eigenvalue weighted by atomic mass is 79.9. The number of nitrogens with two attached hydrogens (primary N) is 1. The number of nitrogens with zero attached hydrogens (tertiary/aromatic N) is 2. The molecule has 7 nitrogen and oxygen atoms in total. The predicted molar refractivity (Wildman–Crippen MR) is 105 cm³/mol. The van der Waals surface area contributed by atoms with E-state index in [4.69, 9.17) is 10.5 Å². The second-order valence-corrected chi connectivity index (χ2v) is 6.65. The van der Waals surface area contributed by atoms with E-state index in [0.717, 1.165) is 15.8 Å². The van der Waals surface area contributed by atoms with E-state index in [2.05, 4.69) is 26.3 Å². The van der Waals surface area contributed by atoms with Gasteiger partial charge in [0.1, 0.15) is 12.4 Å². The lowest BCUT2D eigenvalue weighted by molar-refractivity contribution is 0.0995. The number of rotatable bonds is 6. The van der Waals surface area contributed by atoms with E-state index in [0.29, 0.717) is 12.2 Å². The van der Waals surface area contributed by atoms with Crippen LogP contribution in [-0.2, 0) is 13.7 Å². The van der Waals surface area contributed by atoms with E-state index in [1.165, 1.54) is 10.9 Å². The Morgan fingerprint density at radius 3 is 2.56 bits per heavy atom. The molecule has 3 rings (SSSR count). The van der Waals surface area contributed by atoms with Crippen LogP contribution in [-0.4, -0.2) is 21.6 Å². The number of hydrogen-bond acceptors (Lipinski definition) is 4. The van der Waals surface area contributed by atoms with Crippen LogP contribution < -0.4 is 15.8 Å². The van der Waals surface area contributed by atoms with Gasteiger partial charge in [0.2, 0.25) is 0 Å². The summed E-state index contributed by atoms with van der Waals surface area (Å²) in [7, 11) is 1.64. The maximum absolute atomic E-state index is 12.4. The van der Waals surface area contributed by atoms with Crippen LogP contribution in [0.15, 0.2) is 59.2 Å². The molecule has 0 aliphatic rings. The first kappa shape index (κ1) is 18.7. The van der Waals surface area contributed by atoms with Crippen LogP contribution in [0.5, 0.6) is 5.75 Å². The van der Waals surface area contributed by atoms with Gasteiger partial charge in [-0.3, -0.25) is 14.3 Å². The fourth-order valence-electron chi connectivity index (χ4n) is 2.43. The number of primary amides is 1. The zero-order chi connectivity index (χ0) is 19.4. The average molecular weight is 429 g/mol. The van der Waals surface area contributed by atoms with Gasteiger partial charge in [-0.15, -0.1) is 0 Å². The van der Waals surface area contributed by atoms with Gasteiger partial charge >= 0.3 is 0 Å². The van der Waals surface area contributed by atoms with Crippen LogP contribution >= 0.6 is 15.9 Å². The number of para-hydroxylation sites is 1. The maximum atomic E-state index is 12.4. The number of carbonyl (C=O) groups is 2. The minimum absolute atomic E-state index is 0.0179. The minimum atomic E-state index is -0.703. The van der Waals surface area contributed by atoms with Crippen molar-refractivity contribution in [1.82, 2.24) is 9.78 Å². The molecule has 0 spiro atoms. The van der Waals surface area contributed by atoms with E-state index in [1.807, 2.05) is 36.4 Å². The van der Waals surface area contributed by atoms with E-state index >= 15 is 0 Å². The average Bonchev–Trinajstić information content (AvgIpc) is 3.02. The zero-order valence-corrected chi connectivity index (χ0v) is 16.1. The zero-order valence-electron chi connectivity index (χ0n) is 14.5. The monoisotopic (exact) mass is 428 g/mol. The molecule has 27 heavy (non-hydrogen) atoms. The molecule has 0 aliphatic carbocycles. The van der Waals surface area contributed by atoms with Crippen molar-refractivity contribution in [2.45, 2.75) is 6.61 Å². The van der Waals surface area contributed by atoms with Gasteiger partial charge in [-0.25, -0.2) is 0 Å². The molecule has 8 heteroatoms. The standard InChI is InChI=1S/C19H17BrN4O3/c1-24-10-15(17(23-24)18(21)25)22-19(26)13-8-6-12(7-9-13)11-27-16-5-3-2-4-14(16)20/h2-10H,11H2,1H3,(H2,21,25)(H,22,26). The molecular formula is C19H17BrN4O3. The number of amides is 2. The first-order chi connectivity index (χ1) is 12.9. The number of halogens is 1. The molecule has 0 radical (unpaired) electrons. The van der Waals surface area contributed by atoms with Crippen LogP contribution in [0.2, 0.25) is 0 Å². The van der Waals surface area contributed by atoms with Crippen molar-refractivity contribution in [3.63, 3.8) is 0 Å². The second-order valence-electron chi connectivity index (χ2n) is 5.80. The molecule has 0 fully saturated rings. The summed E-state index contributed by atoms with van der Waals surface area (Å²) in [5.74, 6) is -0.316. The molecule has 0 saturated carbocycles. The van der Waals surface area contributed by atoms with Crippen LogP contribution in [0.3, 0.4) is 0 Å². The van der Waals surface area contributed by atoms with Gasteiger partial charge < -0.3 is 15.8 Å². The molecule has 1 heterocycles. The third kappa shape index (κ3) is 4.53. The van der Waals surface area contributed by atoms with Gasteiger partial charge in [0.05, 0.1) is 10.2 Å². The van der Waals surface area contributed by atoms with Crippen molar-refractivity contribution in [2.24, 2.45) is 12.8 Å². The topological polar surface area (TPSA) is 99.2 Å². The van der Waals surface area contributed by atoms with Gasteiger partial charge in [0, 0.05) is 18.8 Å². The Bertz CT molecular complexity index is 983. The van der Waals surface area contributed by atoms with Gasteiger partial charge in [-0.2, -0.15) is 5.10 Å². The fourth-order valence-corrected chi connectivity index (χ4v) is 2.83. The Morgan fingerprint density at radius 2 is 1.89 bits per heavy atom. The van der Waals surface area contributed by atoms with Crippen LogP contribution in [0.1, 0.15) is 26.4 Å². The highest BCUT2D eigenvalue weighted by Crippen LogP contribution is 2.24. The summed E-state index contributed by atoms with van der Waals surface area (Å²) in [5.41, 5.74) is 6.92. The van der Waals surface area contributed by atoms with E-state index in [-0.39, 0.29) is 17.3 Å². The van der Waals surface area contributed by atoms with E-state index < -0.39 is 5.91 Å². The number of anilines is 1. The number of carbonyl (C=O) groups excluding carboxylic acids is 2. The maximum Gasteiger partial charge on any atom is 0.271 e. The predicted octanol–water partition coefficient (Wildman–Crippen LogP) is 3.11. The molecule has 2 amide bonds. The summed E-state index contributed by atoms with van der Waals surface area (Å²) in [5, 5.41) is 6.59. The summed E-state index contributed by atoms with van der Waals surface area (Å²) < 4.78 is 8.05. The largest absolute Gasteiger partial charge is 0.488 e. The first-order valence-corrected chi connectivity index (χ1v) is 8.84. The molecule has 1 aromatic heterocycles. The molecule has 0 aliphatic heterocycles.